The van der Waals surface area contributed by atoms with Crippen molar-refractivity contribution in [3.8, 4) is 11.4 Å². The first-order valence-corrected chi connectivity index (χ1v) is 10.1. The summed E-state index contributed by atoms with van der Waals surface area (Å²) in [6.07, 6.45) is 6.15. The minimum Gasteiger partial charge on any atom is -0.483 e. The fraction of sp³-hybridized carbons (Fsp3) is 0.217. The third kappa shape index (κ3) is 3.42. The summed E-state index contributed by atoms with van der Waals surface area (Å²) in [6.45, 7) is 2.40. The number of aromatic nitrogens is 3. The van der Waals surface area contributed by atoms with Crippen LogP contribution in [0.2, 0.25) is 5.02 Å². The molecule has 6 heteroatoms. The quantitative estimate of drug-likeness (QED) is 0.474. The molecule has 0 N–H and O–H groups in total. The van der Waals surface area contributed by atoms with E-state index < -0.39 is 0 Å². The molecule has 3 heterocycles. The second-order valence-corrected chi connectivity index (χ2v) is 7.87. The lowest BCUT2D eigenvalue weighted by molar-refractivity contribution is 0.300. The lowest BCUT2D eigenvalue weighted by Gasteiger charge is -2.10. The van der Waals surface area contributed by atoms with Gasteiger partial charge >= 0.3 is 0 Å². The number of hydrogen-bond donors (Lipinski definition) is 0. The molecular formula is C23H20ClN3O2. The van der Waals surface area contributed by atoms with Crippen molar-refractivity contribution in [2.24, 2.45) is 0 Å². The standard InChI is InChI=1S/C23H20ClN3O2/c1-15-22(17-6-7-17)25-21-11-10-19(13-27(15)21)26-12-2-3-20(23(26)28)29-14-16-4-8-18(24)9-5-16/h2-5,8-13,17H,6-7,14H2,1H3. The van der Waals surface area contributed by atoms with Crippen molar-refractivity contribution in [2.75, 3.05) is 0 Å². The molecule has 5 rings (SSSR count). The minimum atomic E-state index is -0.194. The molecule has 0 bridgehead atoms. The minimum absolute atomic E-state index is 0.194. The molecular weight excluding hydrogens is 386 g/mol. The van der Waals surface area contributed by atoms with Gasteiger partial charge in [0.1, 0.15) is 12.3 Å². The summed E-state index contributed by atoms with van der Waals surface area (Å²) < 4.78 is 9.45. The van der Waals surface area contributed by atoms with Gasteiger partial charge in [-0.3, -0.25) is 9.36 Å². The predicted molar refractivity (Wildman–Crippen MR) is 113 cm³/mol. The number of hydrogen-bond acceptors (Lipinski definition) is 3. The summed E-state index contributed by atoms with van der Waals surface area (Å²) in [5.41, 5.74) is 4.77. The van der Waals surface area contributed by atoms with E-state index in [1.807, 2.05) is 48.7 Å². The Balaban J connectivity index is 1.46. The van der Waals surface area contributed by atoms with Crippen molar-refractivity contribution in [3.05, 3.63) is 93.3 Å². The average molecular weight is 406 g/mol. The lowest BCUT2D eigenvalue weighted by atomic mass is 10.2. The summed E-state index contributed by atoms with van der Waals surface area (Å²) in [6, 6.07) is 14.8. The van der Waals surface area contributed by atoms with Crippen molar-refractivity contribution in [1.82, 2.24) is 14.0 Å². The Morgan fingerprint density at radius 2 is 1.93 bits per heavy atom. The number of ether oxygens (including phenoxy) is 1. The molecule has 0 amide bonds. The topological polar surface area (TPSA) is 48.5 Å². The Labute approximate surface area is 173 Å². The van der Waals surface area contributed by atoms with E-state index >= 15 is 0 Å². The second kappa shape index (κ2) is 7.08. The maximum Gasteiger partial charge on any atom is 0.297 e. The van der Waals surface area contributed by atoms with E-state index in [2.05, 4.69) is 11.3 Å². The van der Waals surface area contributed by atoms with Gasteiger partial charge < -0.3 is 9.14 Å². The summed E-state index contributed by atoms with van der Waals surface area (Å²) >= 11 is 5.92. The van der Waals surface area contributed by atoms with Crippen LogP contribution in [-0.2, 0) is 6.61 Å². The molecule has 1 aliphatic carbocycles. The smallest absolute Gasteiger partial charge is 0.297 e. The number of halogens is 1. The van der Waals surface area contributed by atoms with Gasteiger partial charge in [-0.25, -0.2) is 4.98 Å². The number of fused-ring (bicyclic) bond motifs is 1. The Hall–Kier alpha value is -3.05. The summed E-state index contributed by atoms with van der Waals surface area (Å²) in [7, 11) is 0. The van der Waals surface area contributed by atoms with Gasteiger partial charge in [-0.05, 0) is 61.7 Å². The summed E-state index contributed by atoms with van der Waals surface area (Å²) in [4.78, 5) is 17.7. The first-order chi connectivity index (χ1) is 14.1. The molecule has 29 heavy (non-hydrogen) atoms. The maximum absolute atomic E-state index is 13.0. The fourth-order valence-electron chi connectivity index (χ4n) is 3.58. The Bertz CT molecular complexity index is 1250. The number of nitrogens with zero attached hydrogens (tertiary/aromatic N) is 3. The first kappa shape index (κ1) is 18.0. The van der Waals surface area contributed by atoms with Crippen LogP contribution in [0.4, 0.5) is 0 Å². The van der Waals surface area contributed by atoms with E-state index in [4.69, 9.17) is 21.3 Å². The van der Waals surface area contributed by atoms with Crippen LogP contribution in [0.5, 0.6) is 5.75 Å². The Morgan fingerprint density at radius 1 is 1.14 bits per heavy atom. The van der Waals surface area contributed by atoms with Gasteiger partial charge in [-0.15, -0.1) is 0 Å². The first-order valence-electron chi connectivity index (χ1n) is 9.68. The summed E-state index contributed by atoms with van der Waals surface area (Å²) in [5.74, 6) is 0.897. The molecule has 1 fully saturated rings. The van der Waals surface area contributed by atoms with Gasteiger partial charge in [-0.1, -0.05) is 23.7 Å². The van der Waals surface area contributed by atoms with Crippen molar-refractivity contribution >= 4 is 17.2 Å². The molecule has 0 atom stereocenters. The van der Waals surface area contributed by atoms with Gasteiger partial charge in [0.05, 0.1) is 11.4 Å². The van der Waals surface area contributed by atoms with Gasteiger partial charge in [0.15, 0.2) is 5.75 Å². The van der Waals surface area contributed by atoms with Crippen LogP contribution in [0.1, 0.15) is 35.7 Å². The van der Waals surface area contributed by atoms with Crippen LogP contribution in [0.25, 0.3) is 11.3 Å². The molecule has 1 saturated carbocycles. The molecule has 0 spiro atoms. The van der Waals surface area contributed by atoms with E-state index in [-0.39, 0.29) is 5.56 Å². The van der Waals surface area contributed by atoms with E-state index in [9.17, 15) is 4.79 Å². The number of aryl methyl sites for hydroxylation is 1. The molecule has 1 aliphatic rings. The van der Waals surface area contributed by atoms with Gasteiger partial charge in [-0.2, -0.15) is 0 Å². The van der Waals surface area contributed by atoms with Crippen LogP contribution in [0, 0.1) is 6.92 Å². The Kier molecular flexibility index (Phi) is 4.40. The van der Waals surface area contributed by atoms with Crippen molar-refractivity contribution < 1.29 is 4.74 Å². The third-order valence-corrected chi connectivity index (χ3v) is 5.59. The molecule has 0 aliphatic heterocycles. The van der Waals surface area contributed by atoms with Crippen molar-refractivity contribution in [3.63, 3.8) is 0 Å². The SMILES string of the molecule is Cc1c(C2CC2)nc2ccc(-n3cccc(OCc4ccc(Cl)cc4)c3=O)cn12. The van der Waals surface area contributed by atoms with Crippen molar-refractivity contribution in [2.45, 2.75) is 32.3 Å². The van der Waals surface area contributed by atoms with E-state index in [1.165, 1.54) is 18.5 Å². The molecule has 3 aromatic heterocycles. The number of imidazole rings is 1. The maximum atomic E-state index is 13.0. The van der Waals surface area contributed by atoms with Crippen LogP contribution in [0.3, 0.4) is 0 Å². The molecule has 0 radical (unpaired) electrons. The van der Waals surface area contributed by atoms with Crippen LogP contribution < -0.4 is 10.3 Å². The van der Waals surface area contributed by atoms with Gasteiger partial charge in [0.25, 0.3) is 5.56 Å². The van der Waals surface area contributed by atoms with Crippen LogP contribution in [0.15, 0.2) is 65.7 Å². The highest BCUT2D eigenvalue weighted by molar-refractivity contribution is 6.30. The summed E-state index contributed by atoms with van der Waals surface area (Å²) in [5, 5.41) is 0.672. The van der Waals surface area contributed by atoms with Crippen LogP contribution >= 0.6 is 11.6 Å². The normalized spacial score (nSPS) is 13.7. The van der Waals surface area contributed by atoms with Crippen LogP contribution in [-0.4, -0.2) is 14.0 Å². The number of benzene rings is 1. The molecule has 146 valence electrons. The highest BCUT2D eigenvalue weighted by Gasteiger charge is 2.28. The van der Waals surface area contributed by atoms with E-state index in [0.717, 1.165) is 22.6 Å². The molecule has 0 unspecified atom stereocenters. The highest BCUT2D eigenvalue weighted by atomic mass is 35.5. The van der Waals surface area contributed by atoms with E-state index in [1.54, 1.807) is 16.8 Å². The molecule has 5 nitrogen and oxygen atoms in total. The Morgan fingerprint density at radius 3 is 2.69 bits per heavy atom. The van der Waals surface area contributed by atoms with E-state index in [0.29, 0.717) is 23.3 Å². The highest BCUT2D eigenvalue weighted by Crippen LogP contribution is 2.41. The zero-order valence-corrected chi connectivity index (χ0v) is 16.8. The molecule has 4 aromatic rings. The fourth-order valence-corrected chi connectivity index (χ4v) is 3.71. The predicted octanol–water partition coefficient (Wildman–Crippen LogP) is 4.90. The third-order valence-electron chi connectivity index (χ3n) is 5.34. The van der Waals surface area contributed by atoms with Gasteiger partial charge in [0.2, 0.25) is 0 Å². The second-order valence-electron chi connectivity index (χ2n) is 7.43. The number of rotatable bonds is 5. The van der Waals surface area contributed by atoms with Gasteiger partial charge in [0, 0.05) is 29.0 Å². The number of pyridine rings is 2. The average Bonchev–Trinajstić information content (AvgIpc) is 3.52. The molecule has 0 saturated heterocycles. The van der Waals surface area contributed by atoms with Crippen molar-refractivity contribution in [1.29, 1.82) is 0 Å². The zero-order valence-electron chi connectivity index (χ0n) is 16.0. The largest absolute Gasteiger partial charge is 0.483 e. The molecule has 1 aromatic carbocycles. The zero-order chi connectivity index (χ0) is 20.0. The lowest BCUT2D eigenvalue weighted by Crippen LogP contribution is -2.20. The monoisotopic (exact) mass is 405 g/mol.